The molecule has 3 aromatic rings. The van der Waals surface area contributed by atoms with Crippen molar-refractivity contribution in [2.45, 2.75) is 24.7 Å². The van der Waals surface area contributed by atoms with Gasteiger partial charge < -0.3 is 9.73 Å². The van der Waals surface area contributed by atoms with E-state index < -0.39 is 15.8 Å². The Morgan fingerprint density at radius 1 is 1.16 bits per heavy atom. The molecule has 0 atom stereocenters. The third-order valence-electron chi connectivity index (χ3n) is 5.67. The predicted octanol–water partition coefficient (Wildman–Crippen LogP) is 3.13. The standard InChI is InChI=1S/C21H22ClN3O5S/c1-13-3-4-15(11-17(13)22)23-20(26)14-7-9-25(10-8-14)31(28,29)16-5-6-18-19(12-16)30-21(27)24(18)2/h3-6,11-12,14H,7-10H2,1-2H3,(H,23,26). The third kappa shape index (κ3) is 4.13. The molecule has 1 N–H and O–H groups in total. The van der Waals surface area contributed by atoms with Gasteiger partial charge >= 0.3 is 5.76 Å². The topological polar surface area (TPSA) is 102 Å². The maximum absolute atomic E-state index is 13.0. The lowest BCUT2D eigenvalue weighted by atomic mass is 9.97. The Labute approximate surface area is 184 Å². The Bertz CT molecular complexity index is 1320. The molecule has 1 fully saturated rings. The van der Waals surface area contributed by atoms with Crippen LogP contribution in [0.15, 0.2) is 50.5 Å². The average Bonchev–Trinajstić information content (AvgIpc) is 3.04. The van der Waals surface area contributed by atoms with E-state index in [-0.39, 0.29) is 35.4 Å². The molecule has 1 aliphatic rings. The van der Waals surface area contributed by atoms with E-state index in [1.807, 2.05) is 13.0 Å². The van der Waals surface area contributed by atoms with Crippen molar-refractivity contribution in [1.82, 2.24) is 8.87 Å². The summed E-state index contributed by atoms with van der Waals surface area (Å²) in [4.78, 5) is 24.3. The molecule has 1 aliphatic heterocycles. The predicted molar refractivity (Wildman–Crippen MR) is 118 cm³/mol. The number of carbonyl (C=O) groups is 1. The van der Waals surface area contributed by atoms with Gasteiger partial charge in [0.25, 0.3) is 0 Å². The van der Waals surface area contributed by atoms with Crippen LogP contribution >= 0.6 is 11.6 Å². The lowest BCUT2D eigenvalue weighted by Gasteiger charge is -2.30. The van der Waals surface area contributed by atoms with E-state index in [1.54, 1.807) is 25.2 Å². The van der Waals surface area contributed by atoms with Gasteiger partial charge in [0.15, 0.2) is 5.58 Å². The van der Waals surface area contributed by atoms with Crippen LogP contribution in [-0.4, -0.2) is 36.3 Å². The number of fused-ring (bicyclic) bond motifs is 1. The number of piperidine rings is 1. The highest BCUT2D eigenvalue weighted by Gasteiger charge is 2.32. The number of sulfonamides is 1. The summed E-state index contributed by atoms with van der Waals surface area (Å²) in [6.07, 6.45) is 0.820. The van der Waals surface area contributed by atoms with Gasteiger partial charge in [0.05, 0.1) is 10.4 Å². The van der Waals surface area contributed by atoms with Crippen LogP contribution in [0.2, 0.25) is 5.02 Å². The van der Waals surface area contributed by atoms with Gasteiger partial charge in [0.2, 0.25) is 15.9 Å². The Hall–Kier alpha value is -2.62. The summed E-state index contributed by atoms with van der Waals surface area (Å²) < 4.78 is 33.9. The monoisotopic (exact) mass is 463 g/mol. The van der Waals surface area contributed by atoms with Gasteiger partial charge in [-0.1, -0.05) is 17.7 Å². The fraction of sp³-hybridized carbons (Fsp3) is 0.333. The molecule has 31 heavy (non-hydrogen) atoms. The number of rotatable bonds is 4. The van der Waals surface area contributed by atoms with Crippen molar-refractivity contribution in [3.05, 3.63) is 57.5 Å². The number of hydrogen-bond acceptors (Lipinski definition) is 5. The first-order valence-corrected chi connectivity index (χ1v) is 11.7. The van der Waals surface area contributed by atoms with Crippen molar-refractivity contribution >= 4 is 44.3 Å². The lowest BCUT2D eigenvalue weighted by Crippen LogP contribution is -2.41. The number of oxazole rings is 1. The average molecular weight is 464 g/mol. The van der Waals surface area contributed by atoms with Gasteiger partial charge in [0, 0.05) is 42.8 Å². The molecule has 0 saturated carbocycles. The minimum Gasteiger partial charge on any atom is -0.408 e. The van der Waals surface area contributed by atoms with Crippen molar-refractivity contribution in [3.8, 4) is 0 Å². The van der Waals surface area contributed by atoms with Crippen LogP contribution in [0.1, 0.15) is 18.4 Å². The van der Waals surface area contributed by atoms with Crippen molar-refractivity contribution in [3.63, 3.8) is 0 Å². The Morgan fingerprint density at radius 2 is 1.87 bits per heavy atom. The van der Waals surface area contributed by atoms with E-state index in [0.29, 0.717) is 29.1 Å². The SMILES string of the molecule is Cc1ccc(NC(=O)C2CCN(S(=O)(=O)c3ccc4c(c3)oc(=O)n4C)CC2)cc1Cl. The summed E-state index contributed by atoms with van der Waals surface area (Å²) in [7, 11) is -2.20. The summed E-state index contributed by atoms with van der Waals surface area (Å²) in [5.41, 5.74) is 2.29. The largest absolute Gasteiger partial charge is 0.419 e. The molecule has 4 rings (SSSR count). The maximum Gasteiger partial charge on any atom is 0.419 e. The zero-order valence-electron chi connectivity index (χ0n) is 17.1. The van der Waals surface area contributed by atoms with Gasteiger partial charge in [-0.15, -0.1) is 0 Å². The molecule has 0 aliphatic carbocycles. The van der Waals surface area contributed by atoms with Crippen molar-refractivity contribution < 1.29 is 17.6 Å². The van der Waals surface area contributed by atoms with E-state index in [4.69, 9.17) is 16.0 Å². The molecule has 1 aromatic heterocycles. The summed E-state index contributed by atoms with van der Waals surface area (Å²) >= 11 is 6.11. The normalized spacial score (nSPS) is 16.0. The fourth-order valence-corrected chi connectivity index (χ4v) is 5.36. The number of nitrogens with zero attached hydrogens (tertiary/aromatic N) is 2. The van der Waals surface area contributed by atoms with Crippen LogP contribution in [0.5, 0.6) is 0 Å². The first-order chi connectivity index (χ1) is 14.7. The highest BCUT2D eigenvalue weighted by Crippen LogP contribution is 2.27. The van der Waals surface area contributed by atoms with E-state index in [9.17, 15) is 18.0 Å². The van der Waals surface area contributed by atoms with Crippen LogP contribution in [0.4, 0.5) is 5.69 Å². The van der Waals surface area contributed by atoms with Crippen LogP contribution < -0.4 is 11.1 Å². The number of aromatic nitrogens is 1. The second kappa shape index (κ2) is 8.14. The minimum absolute atomic E-state index is 0.0616. The molecule has 1 saturated heterocycles. The molecule has 1 amide bonds. The summed E-state index contributed by atoms with van der Waals surface area (Å²) in [5, 5.41) is 3.43. The van der Waals surface area contributed by atoms with Crippen molar-refractivity contribution in [1.29, 1.82) is 0 Å². The minimum atomic E-state index is -3.76. The van der Waals surface area contributed by atoms with E-state index >= 15 is 0 Å². The number of halogens is 1. The highest BCUT2D eigenvalue weighted by molar-refractivity contribution is 7.89. The second-order valence-electron chi connectivity index (χ2n) is 7.69. The first-order valence-electron chi connectivity index (χ1n) is 9.83. The molecule has 164 valence electrons. The number of anilines is 1. The number of nitrogens with one attached hydrogen (secondary N) is 1. The molecule has 10 heteroatoms. The fourth-order valence-electron chi connectivity index (χ4n) is 3.70. The summed E-state index contributed by atoms with van der Waals surface area (Å²) in [6, 6.07) is 9.71. The Morgan fingerprint density at radius 3 is 2.55 bits per heavy atom. The van der Waals surface area contributed by atoms with E-state index in [0.717, 1.165) is 5.56 Å². The molecule has 8 nitrogen and oxygen atoms in total. The van der Waals surface area contributed by atoms with E-state index in [1.165, 1.54) is 21.0 Å². The second-order valence-corrected chi connectivity index (χ2v) is 10.0. The summed E-state index contributed by atoms with van der Waals surface area (Å²) in [6.45, 7) is 2.34. The number of hydrogen-bond donors (Lipinski definition) is 1. The Kier molecular flexibility index (Phi) is 5.67. The molecule has 0 unspecified atom stereocenters. The highest BCUT2D eigenvalue weighted by atomic mass is 35.5. The molecule has 0 bridgehead atoms. The molecule has 2 heterocycles. The molecular formula is C21H22ClN3O5S. The lowest BCUT2D eigenvalue weighted by molar-refractivity contribution is -0.120. The summed E-state index contributed by atoms with van der Waals surface area (Å²) in [5.74, 6) is -0.989. The third-order valence-corrected chi connectivity index (χ3v) is 7.97. The quantitative estimate of drug-likeness (QED) is 0.640. The van der Waals surface area contributed by atoms with E-state index in [2.05, 4.69) is 5.32 Å². The first kappa shape index (κ1) is 21.6. The van der Waals surface area contributed by atoms with Gasteiger partial charge in [-0.3, -0.25) is 9.36 Å². The number of aryl methyl sites for hydroxylation is 2. The number of benzene rings is 2. The molecular weight excluding hydrogens is 442 g/mol. The molecule has 0 spiro atoms. The van der Waals surface area contributed by atoms with Gasteiger partial charge in [-0.25, -0.2) is 13.2 Å². The number of amides is 1. The Balaban J connectivity index is 1.44. The van der Waals surface area contributed by atoms with Gasteiger partial charge in [-0.2, -0.15) is 4.31 Å². The zero-order valence-corrected chi connectivity index (χ0v) is 18.7. The van der Waals surface area contributed by atoms with Crippen LogP contribution in [0.25, 0.3) is 11.1 Å². The number of carbonyl (C=O) groups excluding carboxylic acids is 1. The zero-order chi connectivity index (χ0) is 22.3. The smallest absolute Gasteiger partial charge is 0.408 e. The van der Waals surface area contributed by atoms with Crippen molar-refractivity contribution in [2.24, 2.45) is 13.0 Å². The van der Waals surface area contributed by atoms with Crippen LogP contribution in [0.3, 0.4) is 0 Å². The van der Waals surface area contributed by atoms with Crippen LogP contribution in [0, 0.1) is 12.8 Å². The molecule has 2 aromatic carbocycles. The maximum atomic E-state index is 13.0. The van der Waals surface area contributed by atoms with Gasteiger partial charge in [-0.05, 0) is 49.6 Å². The van der Waals surface area contributed by atoms with Gasteiger partial charge in [0.1, 0.15) is 0 Å². The van der Waals surface area contributed by atoms with Crippen LogP contribution in [-0.2, 0) is 21.9 Å². The van der Waals surface area contributed by atoms with Crippen molar-refractivity contribution in [2.75, 3.05) is 18.4 Å². The molecule has 0 radical (unpaired) electrons.